The van der Waals surface area contributed by atoms with Crippen LogP contribution in [0.15, 0.2) is 12.1 Å². The van der Waals surface area contributed by atoms with Crippen LogP contribution in [0.2, 0.25) is 0 Å². The number of hydrogen-bond acceptors (Lipinski definition) is 6. The Balaban J connectivity index is 2.89. The first-order chi connectivity index (χ1) is 7.85. The zero-order valence-corrected chi connectivity index (χ0v) is 10.1. The van der Waals surface area contributed by atoms with Crippen molar-refractivity contribution in [3.8, 4) is 0 Å². The number of ether oxygens (including phenoxy) is 1. The van der Waals surface area contributed by atoms with Gasteiger partial charge in [-0.05, 0) is 19.9 Å². The molecule has 7 heteroatoms. The van der Waals surface area contributed by atoms with Crippen LogP contribution < -0.4 is 11.1 Å². The van der Waals surface area contributed by atoms with Crippen molar-refractivity contribution in [3.63, 3.8) is 0 Å². The zero-order valence-electron chi connectivity index (χ0n) is 10.1. The average molecular weight is 240 g/mol. The van der Waals surface area contributed by atoms with Gasteiger partial charge in [0, 0.05) is 19.7 Å². The van der Waals surface area contributed by atoms with Crippen LogP contribution in [-0.2, 0) is 4.74 Å². The molecular weight excluding hydrogens is 224 g/mol. The second kappa shape index (κ2) is 4.96. The van der Waals surface area contributed by atoms with Crippen LogP contribution >= 0.6 is 0 Å². The molecular formula is C10H16N4O3. The van der Waals surface area contributed by atoms with Crippen LogP contribution in [0.4, 0.5) is 17.3 Å². The van der Waals surface area contributed by atoms with E-state index >= 15 is 0 Å². The van der Waals surface area contributed by atoms with Gasteiger partial charge in [-0.1, -0.05) is 0 Å². The lowest BCUT2D eigenvalue weighted by Gasteiger charge is -2.23. The van der Waals surface area contributed by atoms with Crippen molar-refractivity contribution in [3.05, 3.63) is 22.2 Å². The Kier molecular flexibility index (Phi) is 3.84. The van der Waals surface area contributed by atoms with Crippen LogP contribution in [0.25, 0.3) is 0 Å². The highest BCUT2D eigenvalue weighted by Crippen LogP contribution is 2.23. The number of anilines is 2. The topological polar surface area (TPSA) is 103 Å². The lowest BCUT2D eigenvalue weighted by molar-refractivity contribution is -0.384. The van der Waals surface area contributed by atoms with E-state index in [2.05, 4.69) is 10.3 Å². The van der Waals surface area contributed by atoms with E-state index in [1.807, 2.05) is 13.8 Å². The molecule has 0 bridgehead atoms. The molecule has 0 atom stereocenters. The summed E-state index contributed by atoms with van der Waals surface area (Å²) in [4.78, 5) is 14.2. The molecule has 0 radical (unpaired) electrons. The molecule has 1 rings (SSSR count). The summed E-state index contributed by atoms with van der Waals surface area (Å²) in [5.74, 6) is 0.383. The zero-order chi connectivity index (χ0) is 13.1. The number of nitrogen functional groups attached to an aromatic ring is 1. The highest BCUT2D eigenvalue weighted by atomic mass is 16.6. The van der Waals surface area contributed by atoms with Crippen molar-refractivity contribution in [1.82, 2.24) is 4.98 Å². The first-order valence-electron chi connectivity index (χ1n) is 5.05. The molecule has 1 aromatic rings. The summed E-state index contributed by atoms with van der Waals surface area (Å²) in [6, 6.07) is 2.72. The third kappa shape index (κ3) is 3.56. The SMILES string of the molecule is COC(C)(C)CNc1nc(N)ccc1[N+](=O)[O-]. The molecule has 0 saturated heterocycles. The van der Waals surface area contributed by atoms with E-state index in [0.29, 0.717) is 6.54 Å². The van der Waals surface area contributed by atoms with Gasteiger partial charge in [0.25, 0.3) is 0 Å². The van der Waals surface area contributed by atoms with Crippen molar-refractivity contribution in [2.24, 2.45) is 0 Å². The third-order valence-electron chi connectivity index (χ3n) is 2.33. The normalized spacial score (nSPS) is 11.2. The van der Waals surface area contributed by atoms with Crippen molar-refractivity contribution in [1.29, 1.82) is 0 Å². The molecule has 0 unspecified atom stereocenters. The van der Waals surface area contributed by atoms with E-state index in [-0.39, 0.29) is 17.3 Å². The fourth-order valence-corrected chi connectivity index (χ4v) is 1.11. The average Bonchev–Trinajstić information content (AvgIpc) is 2.26. The van der Waals surface area contributed by atoms with Crippen LogP contribution in [0.3, 0.4) is 0 Å². The fourth-order valence-electron chi connectivity index (χ4n) is 1.11. The molecule has 0 aromatic carbocycles. The minimum atomic E-state index is -0.505. The summed E-state index contributed by atoms with van der Waals surface area (Å²) in [7, 11) is 1.57. The first-order valence-corrected chi connectivity index (χ1v) is 5.05. The summed E-state index contributed by atoms with van der Waals surface area (Å²) >= 11 is 0. The Labute approximate surface area is 99.1 Å². The van der Waals surface area contributed by atoms with Gasteiger partial charge >= 0.3 is 5.69 Å². The van der Waals surface area contributed by atoms with Gasteiger partial charge < -0.3 is 15.8 Å². The molecule has 1 heterocycles. The number of hydrogen-bond donors (Lipinski definition) is 2. The van der Waals surface area contributed by atoms with Gasteiger partial charge in [0.1, 0.15) is 5.82 Å². The standard InChI is InChI=1S/C10H16N4O3/c1-10(2,17-3)6-12-9-7(14(15)16)4-5-8(11)13-9/h4-5H,6H2,1-3H3,(H3,11,12,13). The molecule has 0 spiro atoms. The van der Waals surface area contributed by atoms with E-state index in [9.17, 15) is 10.1 Å². The monoisotopic (exact) mass is 240 g/mol. The maximum Gasteiger partial charge on any atom is 0.311 e. The van der Waals surface area contributed by atoms with Crippen LogP contribution in [0.5, 0.6) is 0 Å². The second-order valence-corrected chi connectivity index (χ2v) is 4.18. The summed E-state index contributed by atoms with van der Waals surface area (Å²) < 4.78 is 5.20. The van der Waals surface area contributed by atoms with E-state index < -0.39 is 10.5 Å². The lowest BCUT2D eigenvalue weighted by Crippen LogP contribution is -2.32. The van der Waals surface area contributed by atoms with Gasteiger partial charge in [-0.2, -0.15) is 0 Å². The van der Waals surface area contributed by atoms with Crippen molar-refractivity contribution >= 4 is 17.3 Å². The van der Waals surface area contributed by atoms with Gasteiger partial charge in [0.2, 0.25) is 5.82 Å². The summed E-state index contributed by atoms with van der Waals surface area (Å²) in [6.07, 6.45) is 0. The largest absolute Gasteiger partial charge is 0.384 e. The Morgan fingerprint density at radius 3 is 2.76 bits per heavy atom. The minimum Gasteiger partial charge on any atom is -0.384 e. The number of nitrogens with one attached hydrogen (secondary N) is 1. The Morgan fingerprint density at radius 2 is 2.24 bits per heavy atom. The van der Waals surface area contributed by atoms with Crippen LogP contribution in [0.1, 0.15) is 13.8 Å². The van der Waals surface area contributed by atoms with Gasteiger partial charge in [-0.25, -0.2) is 4.98 Å². The number of nitrogens with two attached hydrogens (primary N) is 1. The Morgan fingerprint density at radius 1 is 1.59 bits per heavy atom. The molecule has 3 N–H and O–H groups in total. The van der Waals surface area contributed by atoms with E-state index in [1.165, 1.54) is 12.1 Å². The molecule has 0 fully saturated rings. The molecule has 0 amide bonds. The number of nitrogens with zero attached hydrogens (tertiary/aromatic N) is 2. The van der Waals surface area contributed by atoms with Gasteiger partial charge in [0.05, 0.1) is 10.5 Å². The number of aromatic nitrogens is 1. The fraction of sp³-hybridized carbons (Fsp3) is 0.500. The highest BCUT2D eigenvalue weighted by molar-refractivity contribution is 5.59. The molecule has 7 nitrogen and oxygen atoms in total. The quantitative estimate of drug-likeness (QED) is 0.595. The van der Waals surface area contributed by atoms with Crippen LogP contribution in [0, 0.1) is 10.1 Å². The summed E-state index contributed by atoms with van der Waals surface area (Å²) in [6.45, 7) is 4.11. The molecule has 1 aromatic heterocycles. The lowest BCUT2D eigenvalue weighted by atomic mass is 10.1. The minimum absolute atomic E-state index is 0.105. The van der Waals surface area contributed by atoms with Gasteiger partial charge in [-0.3, -0.25) is 10.1 Å². The second-order valence-electron chi connectivity index (χ2n) is 4.18. The Bertz CT molecular complexity index is 420. The molecule has 94 valence electrons. The molecule has 0 aliphatic rings. The van der Waals surface area contributed by atoms with E-state index in [1.54, 1.807) is 7.11 Å². The summed E-state index contributed by atoms with van der Waals surface area (Å²) in [5, 5.41) is 13.6. The molecule has 0 aliphatic heterocycles. The smallest absolute Gasteiger partial charge is 0.311 e. The molecule has 0 saturated carbocycles. The van der Waals surface area contributed by atoms with Gasteiger partial charge in [0.15, 0.2) is 0 Å². The van der Waals surface area contributed by atoms with Crippen molar-refractivity contribution in [2.75, 3.05) is 24.7 Å². The third-order valence-corrected chi connectivity index (χ3v) is 2.33. The van der Waals surface area contributed by atoms with Gasteiger partial charge in [-0.15, -0.1) is 0 Å². The predicted molar refractivity (Wildman–Crippen MR) is 64.9 cm³/mol. The summed E-state index contributed by atoms with van der Waals surface area (Å²) in [5.41, 5.74) is 4.94. The Hall–Kier alpha value is -1.89. The first kappa shape index (κ1) is 13.2. The number of pyridine rings is 1. The molecule has 0 aliphatic carbocycles. The van der Waals surface area contributed by atoms with Crippen LogP contribution in [-0.4, -0.2) is 29.2 Å². The predicted octanol–water partition coefficient (Wildman–Crippen LogP) is 1.41. The number of nitro groups is 1. The van der Waals surface area contributed by atoms with Crippen molar-refractivity contribution in [2.45, 2.75) is 19.4 Å². The number of rotatable bonds is 5. The van der Waals surface area contributed by atoms with E-state index in [0.717, 1.165) is 0 Å². The van der Waals surface area contributed by atoms with Crippen molar-refractivity contribution < 1.29 is 9.66 Å². The van der Waals surface area contributed by atoms with E-state index in [4.69, 9.17) is 10.5 Å². The molecule has 17 heavy (non-hydrogen) atoms. The maximum absolute atomic E-state index is 10.8. The highest BCUT2D eigenvalue weighted by Gasteiger charge is 2.20. The maximum atomic E-state index is 10.8. The number of methoxy groups -OCH3 is 1.